The largest absolute Gasteiger partial charge is 0.481 e. The third-order valence-electron chi connectivity index (χ3n) is 2.69. The number of halogens is 1. The fourth-order valence-corrected chi connectivity index (χ4v) is 2.75. The minimum atomic E-state index is -0.843. The highest BCUT2D eigenvalue weighted by Gasteiger charge is 2.14. The first-order valence-electron chi connectivity index (χ1n) is 6.20. The number of benzene rings is 1. The summed E-state index contributed by atoms with van der Waals surface area (Å²) in [7, 11) is 1.73. The lowest BCUT2D eigenvalue weighted by Crippen LogP contribution is -2.28. The van der Waals surface area contributed by atoms with Gasteiger partial charge in [-0.3, -0.25) is 9.59 Å². The van der Waals surface area contributed by atoms with Crippen LogP contribution in [-0.2, 0) is 16.1 Å². The Hall–Kier alpha value is -1.20. The molecule has 0 saturated carbocycles. The molecule has 1 amide bonds. The Morgan fingerprint density at radius 2 is 2.15 bits per heavy atom. The monoisotopic (exact) mass is 315 g/mol. The smallest absolute Gasteiger partial charge is 0.304 e. The summed E-state index contributed by atoms with van der Waals surface area (Å²) in [6.45, 7) is 2.30. The minimum Gasteiger partial charge on any atom is -0.481 e. The third kappa shape index (κ3) is 6.30. The van der Waals surface area contributed by atoms with Gasteiger partial charge in [0.25, 0.3) is 0 Å². The van der Waals surface area contributed by atoms with Crippen molar-refractivity contribution in [3.63, 3.8) is 0 Å². The van der Waals surface area contributed by atoms with Crippen LogP contribution in [0.2, 0.25) is 5.02 Å². The van der Waals surface area contributed by atoms with Crippen LogP contribution in [0, 0.1) is 0 Å². The van der Waals surface area contributed by atoms with E-state index in [-0.39, 0.29) is 23.3 Å². The van der Waals surface area contributed by atoms with Gasteiger partial charge in [-0.05, 0) is 17.7 Å². The maximum Gasteiger partial charge on any atom is 0.304 e. The van der Waals surface area contributed by atoms with Crippen LogP contribution in [-0.4, -0.2) is 39.9 Å². The molecule has 0 aliphatic rings. The van der Waals surface area contributed by atoms with E-state index in [2.05, 4.69) is 0 Å². The van der Waals surface area contributed by atoms with Crippen LogP contribution in [0.1, 0.15) is 18.9 Å². The number of carbonyl (C=O) groups excluding carboxylic acids is 1. The van der Waals surface area contributed by atoms with Crippen molar-refractivity contribution in [1.29, 1.82) is 0 Å². The first kappa shape index (κ1) is 16.9. The van der Waals surface area contributed by atoms with E-state index in [9.17, 15) is 9.59 Å². The normalized spacial score (nSPS) is 11.9. The Labute approximate surface area is 128 Å². The molecule has 0 saturated heterocycles. The SMILES string of the molecule is CC(CC(=O)O)SCC(=O)N(C)Cc1cccc(Cl)c1. The molecule has 1 aromatic carbocycles. The number of carbonyl (C=O) groups is 2. The summed E-state index contributed by atoms with van der Waals surface area (Å²) in [5, 5.41) is 9.23. The van der Waals surface area contributed by atoms with Gasteiger partial charge in [0.15, 0.2) is 0 Å². The summed E-state index contributed by atoms with van der Waals surface area (Å²) < 4.78 is 0. The average Bonchev–Trinajstić information content (AvgIpc) is 2.35. The summed E-state index contributed by atoms with van der Waals surface area (Å²) in [6.07, 6.45) is 0.0654. The van der Waals surface area contributed by atoms with Crippen molar-refractivity contribution in [3.05, 3.63) is 34.9 Å². The summed E-state index contributed by atoms with van der Waals surface area (Å²) >= 11 is 7.25. The third-order valence-corrected chi connectivity index (χ3v) is 4.07. The summed E-state index contributed by atoms with van der Waals surface area (Å²) in [6, 6.07) is 7.37. The van der Waals surface area contributed by atoms with Crippen molar-refractivity contribution in [1.82, 2.24) is 4.90 Å². The van der Waals surface area contributed by atoms with Gasteiger partial charge in [0, 0.05) is 23.9 Å². The van der Waals surface area contributed by atoms with Crippen molar-refractivity contribution >= 4 is 35.2 Å². The number of aliphatic carboxylic acids is 1. The zero-order chi connectivity index (χ0) is 15.1. The van der Waals surface area contributed by atoms with Crippen LogP contribution in [0.5, 0.6) is 0 Å². The van der Waals surface area contributed by atoms with E-state index < -0.39 is 5.97 Å². The van der Waals surface area contributed by atoms with Crippen molar-refractivity contribution in [2.24, 2.45) is 0 Å². The minimum absolute atomic E-state index is 0.0211. The molecule has 110 valence electrons. The van der Waals surface area contributed by atoms with E-state index in [0.29, 0.717) is 11.6 Å². The molecule has 0 radical (unpaired) electrons. The number of carboxylic acids is 1. The Balaban J connectivity index is 2.41. The first-order valence-corrected chi connectivity index (χ1v) is 7.63. The highest BCUT2D eigenvalue weighted by atomic mass is 35.5. The number of amides is 1. The van der Waals surface area contributed by atoms with E-state index in [0.717, 1.165) is 5.56 Å². The van der Waals surface area contributed by atoms with Crippen molar-refractivity contribution in [3.8, 4) is 0 Å². The van der Waals surface area contributed by atoms with Crippen molar-refractivity contribution in [2.45, 2.75) is 25.1 Å². The fourth-order valence-electron chi connectivity index (χ4n) is 1.63. The Bertz CT molecular complexity index is 481. The molecule has 1 rings (SSSR count). The highest BCUT2D eigenvalue weighted by molar-refractivity contribution is 8.00. The standard InChI is InChI=1S/C14H18ClNO3S/c1-10(6-14(18)19)20-9-13(17)16(2)8-11-4-3-5-12(15)7-11/h3-5,7,10H,6,8-9H2,1-2H3,(H,18,19). The molecular formula is C14H18ClNO3S. The molecule has 0 bridgehead atoms. The highest BCUT2D eigenvalue weighted by Crippen LogP contribution is 2.16. The van der Waals surface area contributed by atoms with Crippen LogP contribution >= 0.6 is 23.4 Å². The summed E-state index contributed by atoms with van der Waals surface area (Å²) in [5.41, 5.74) is 0.969. The van der Waals surface area contributed by atoms with E-state index in [1.165, 1.54) is 11.8 Å². The number of carboxylic acid groups (broad SMARTS) is 1. The van der Waals surface area contributed by atoms with Crippen LogP contribution in [0.15, 0.2) is 24.3 Å². The van der Waals surface area contributed by atoms with Gasteiger partial charge in [-0.15, -0.1) is 11.8 Å². The van der Waals surface area contributed by atoms with E-state index in [1.807, 2.05) is 25.1 Å². The summed E-state index contributed by atoms with van der Waals surface area (Å²) in [4.78, 5) is 24.1. The molecule has 0 heterocycles. The van der Waals surface area contributed by atoms with Gasteiger partial charge in [0.05, 0.1) is 12.2 Å². The maximum absolute atomic E-state index is 11.9. The lowest BCUT2D eigenvalue weighted by Gasteiger charge is -2.18. The van der Waals surface area contributed by atoms with Crippen molar-refractivity contribution < 1.29 is 14.7 Å². The molecule has 0 fully saturated rings. The second kappa shape index (κ2) is 8.17. The zero-order valence-electron chi connectivity index (χ0n) is 11.5. The molecule has 4 nitrogen and oxygen atoms in total. The quantitative estimate of drug-likeness (QED) is 0.840. The van der Waals surface area contributed by atoms with Crippen LogP contribution in [0.25, 0.3) is 0 Å². The lowest BCUT2D eigenvalue weighted by molar-refractivity contribution is -0.137. The predicted octanol–water partition coefficient (Wildman–Crippen LogP) is 2.89. The van der Waals surface area contributed by atoms with Gasteiger partial charge in [0.1, 0.15) is 0 Å². The number of hydrogen-bond donors (Lipinski definition) is 1. The lowest BCUT2D eigenvalue weighted by atomic mass is 10.2. The molecule has 0 aliphatic heterocycles. The molecule has 0 aliphatic carbocycles. The van der Waals surface area contributed by atoms with Gasteiger partial charge in [-0.25, -0.2) is 0 Å². The van der Waals surface area contributed by atoms with E-state index in [4.69, 9.17) is 16.7 Å². The van der Waals surface area contributed by atoms with Crippen molar-refractivity contribution in [2.75, 3.05) is 12.8 Å². The Morgan fingerprint density at radius 1 is 1.45 bits per heavy atom. The molecule has 20 heavy (non-hydrogen) atoms. The molecule has 6 heteroatoms. The zero-order valence-corrected chi connectivity index (χ0v) is 13.1. The number of nitrogens with zero attached hydrogens (tertiary/aromatic N) is 1. The second-order valence-corrected chi connectivity index (χ2v) is 6.46. The Kier molecular flexibility index (Phi) is 6.88. The molecule has 1 aromatic rings. The number of thioether (sulfide) groups is 1. The van der Waals surface area contributed by atoms with E-state index >= 15 is 0 Å². The second-order valence-electron chi connectivity index (χ2n) is 4.60. The van der Waals surface area contributed by atoms with Gasteiger partial charge < -0.3 is 10.0 Å². The molecule has 1 atom stereocenters. The maximum atomic E-state index is 11.9. The topological polar surface area (TPSA) is 57.6 Å². The van der Waals surface area contributed by atoms with Gasteiger partial charge >= 0.3 is 5.97 Å². The Morgan fingerprint density at radius 3 is 2.75 bits per heavy atom. The molecular weight excluding hydrogens is 298 g/mol. The predicted molar refractivity (Wildman–Crippen MR) is 82.1 cm³/mol. The molecule has 1 N–H and O–H groups in total. The fraction of sp³-hybridized carbons (Fsp3) is 0.429. The summed E-state index contributed by atoms with van der Waals surface area (Å²) in [5.74, 6) is -0.581. The van der Waals surface area contributed by atoms with Crippen LogP contribution in [0.4, 0.5) is 0 Å². The van der Waals surface area contributed by atoms with Crippen LogP contribution < -0.4 is 0 Å². The van der Waals surface area contributed by atoms with Crippen LogP contribution in [0.3, 0.4) is 0 Å². The average molecular weight is 316 g/mol. The van der Waals surface area contributed by atoms with Gasteiger partial charge in [-0.1, -0.05) is 30.7 Å². The molecule has 1 unspecified atom stereocenters. The number of rotatable bonds is 7. The van der Waals surface area contributed by atoms with Gasteiger partial charge in [-0.2, -0.15) is 0 Å². The molecule has 0 aromatic heterocycles. The number of hydrogen-bond acceptors (Lipinski definition) is 3. The van der Waals surface area contributed by atoms with Gasteiger partial charge in [0.2, 0.25) is 5.91 Å². The van der Waals surface area contributed by atoms with E-state index in [1.54, 1.807) is 18.0 Å². The first-order chi connectivity index (χ1) is 9.38. The molecule has 0 spiro atoms.